The average Bonchev–Trinajstić information content (AvgIpc) is 2.48. The highest BCUT2D eigenvalue weighted by Gasteiger charge is 2.01. The summed E-state index contributed by atoms with van der Waals surface area (Å²) in [5.41, 5.74) is 15.0. The molecule has 20 heavy (non-hydrogen) atoms. The van der Waals surface area contributed by atoms with Crippen LogP contribution in [0.25, 0.3) is 10.8 Å². The summed E-state index contributed by atoms with van der Waals surface area (Å²) in [5.74, 6) is 0. The maximum absolute atomic E-state index is 5.82. The lowest BCUT2D eigenvalue weighted by atomic mass is 10.0. The van der Waals surface area contributed by atoms with Crippen LogP contribution in [-0.2, 0) is 6.54 Å². The van der Waals surface area contributed by atoms with E-state index in [1.807, 2.05) is 18.2 Å². The summed E-state index contributed by atoms with van der Waals surface area (Å²) in [7, 11) is 0. The van der Waals surface area contributed by atoms with Gasteiger partial charge in [-0.05, 0) is 34.5 Å². The van der Waals surface area contributed by atoms with Crippen LogP contribution in [0.2, 0.25) is 0 Å². The summed E-state index contributed by atoms with van der Waals surface area (Å²) in [5, 5.41) is 5.91. The number of benzene rings is 3. The molecule has 3 nitrogen and oxygen atoms in total. The van der Waals surface area contributed by atoms with E-state index in [0.29, 0.717) is 11.4 Å². The van der Waals surface area contributed by atoms with Crippen molar-refractivity contribution >= 4 is 27.8 Å². The van der Waals surface area contributed by atoms with Crippen molar-refractivity contribution in [2.45, 2.75) is 6.54 Å². The summed E-state index contributed by atoms with van der Waals surface area (Å²) in [6.07, 6.45) is 0. The second kappa shape index (κ2) is 5.13. The van der Waals surface area contributed by atoms with Crippen LogP contribution in [-0.4, -0.2) is 0 Å². The predicted octanol–water partition coefficient (Wildman–Crippen LogP) is 3.62. The van der Waals surface area contributed by atoms with E-state index in [-0.39, 0.29) is 0 Å². The van der Waals surface area contributed by atoms with E-state index >= 15 is 0 Å². The Balaban J connectivity index is 1.85. The Hall–Kier alpha value is -2.68. The van der Waals surface area contributed by atoms with Gasteiger partial charge in [-0.15, -0.1) is 0 Å². The van der Waals surface area contributed by atoms with E-state index in [0.717, 1.165) is 12.2 Å². The molecule has 0 aliphatic carbocycles. The van der Waals surface area contributed by atoms with Gasteiger partial charge in [0.1, 0.15) is 0 Å². The van der Waals surface area contributed by atoms with Gasteiger partial charge in [0.25, 0.3) is 0 Å². The molecule has 0 aromatic heterocycles. The van der Waals surface area contributed by atoms with Crippen molar-refractivity contribution in [1.82, 2.24) is 0 Å². The number of fused-ring (bicyclic) bond motifs is 1. The van der Waals surface area contributed by atoms with Crippen molar-refractivity contribution < 1.29 is 0 Å². The number of hydrogen-bond donors (Lipinski definition) is 3. The first kappa shape index (κ1) is 12.4. The maximum Gasteiger partial charge on any atom is 0.0568 e. The molecule has 0 radical (unpaired) electrons. The molecule has 0 saturated heterocycles. The van der Waals surface area contributed by atoms with Gasteiger partial charge in [-0.25, -0.2) is 0 Å². The van der Waals surface area contributed by atoms with Crippen LogP contribution in [0.1, 0.15) is 5.56 Å². The first-order chi connectivity index (χ1) is 9.74. The molecule has 0 unspecified atom stereocenters. The molecule has 0 amide bonds. The molecule has 3 aromatic carbocycles. The Morgan fingerprint density at radius 3 is 2.45 bits per heavy atom. The summed E-state index contributed by atoms with van der Waals surface area (Å²) < 4.78 is 0. The molecule has 0 saturated carbocycles. The van der Waals surface area contributed by atoms with Gasteiger partial charge in [0.2, 0.25) is 0 Å². The highest BCUT2D eigenvalue weighted by molar-refractivity contribution is 5.85. The van der Waals surface area contributed by atoms with E-state index < -0.39 is 0 Å². The highest BCUT2D eigenvalue weighted by atomic mass is 14.9. The lowest BCUT2D eigenvalue weighted by molar-refractivity contribution is 1.17. The fourth-order valence-electron chi connectivity index (χ4n) is 2.33. The Kier molecular flexibility index (Phi) is 3.17. The van der Waals surface area contributed by atoms with Gasteiger partial charge in [0.05, 0.1) is 11.4 Å². The molecule has 0 aliphatic rings. The Labute approximate surface area is 118 Å². The molecule has 3 rings (SSSR count). The smallest absolute Gasteiger partial charge is 0.0568 e. The van der Waals surface area contributed by atoms with Gasteiger partial charge in [0, 0.05) is 12.2 Å². The first-order valence-corrected chi connectivity index (χ1v) is 6.59. The van der Waals surface area contributed by atoms with Gasteiger partial charge < -0.3 is 16.8 Å². The summed E-state index contributed by atoms with van der Waals surface area (Å²) in [6.45, 7) is 0.755. The zero-order valence-corrected chi connectivity index (χ0v) is 11.1. The molecule has 0 atom stereocenters. The molecule has 3 heteroatoms. The van der Waals surface area contributed by atoms with Crippen LogP contribution >= 0.6 is 0 Å². The molecule has 100 valence electrons. The van der Waals surface area contributed by atoms with Gasteiger partial charge in [-0.1, -0.05) is 42.5 Å². The van der Waals surface area contributed by atoms with Crippen molar-refractivity contribution in [2.75, 3.05) is 16.8 Å². The van der Waals surface area contributed by atoms with Crippen LogP contribution in [0.15, 0.2) is 60.7 Å². The minimum absolute atomic E-state index is 0.605. The number of rotatable bonds is 3. The topological polar surface area (TPSA) is 64.1 Å². The molecule has 3 aromatic rings. The zero-order chi connectivity index (χ0) is 13.9. The van der Waals surface area contributed by atoms with Crippen LogP contribution in [0.5, 0.6) is 0 Å². The maximum atomic E-state index is 5.82. The first-order valence-electron chi connectivity index (χ1n) is 6.59. The Morgan fingerprint density at radius 1 is 0.800 bits per heavy atom. The molecule has 0 heterocycles. The third-order valence-corrected chi connectivity index (χ3v) is 3.45. The number of nitrogens with one attached hydrogen (secondary N) is 1. The number of nitrogens with two attached hydrogens (primary N) is 2. The van der Waals surface area contributed by atoms with Crippen molar-refractivity contribution in [3.63, 3.8) is 0 Å². The van der Waals surface area contributed by atoms with E-state index in [4.69, 9.17) is 11.5 Å². The van der Waals surface area contributed by atoms with Crippen molar-refractivity contribution in [3.8, 4) is 0 Å². The van der Waals surface area contributed by atoms with E-state index in [1.165, 1.54) is 16.3 Å². The lowest BCUT2D eigenvalue weighted by Crippen LogP contribution is -2.02. The van der Waals surface area contributed by atoms with Crippen LogP contribution in [0, 0.1) is 0 Å². The van der Waals surface area contributed by atoms with Gasteiger partial charge >= 0.3 is 0 Å². The molecule has 0 spiro atoms. The summed E-state index contributed by atoms with van der Waals surface area (Å²) >= 11 is 0. The fraction of sp³-hybridized carbons (Fsp3) is 0.0588. The van der Waals surface area contributed by atoms with E-state index in [1.54, 1.807) is 0 Å². The third kappa shape index (κ3) is 2.38. The Bertz CT molecular complexity index is 745. The van der Waals surface area contributed by atoms with Crippen LogP contribution in [0.3, 0.4) is 0 Å². The fourth-order valence-corrected chi connectivity index (χ4v) is 2.33. The third-order valence-electron chi connectivity index (χ3n) is 3.45. The number of hydrogen-bond acceptors (Lipinski definition) is 3. The molecule has 0 aliphatic heterocycles. The highest BCUT2D eigenvalue weighted by Crippen LogP contribution is 2.22. The molecule has 5 N–H and O–H groups in total. The Morgan fingerprint density at radius 2 is 1.60 bits per heavy atom. The zero-order valence-electron chi connectivity index (χ0n) is 11.1. The van der Waals surface area contributed by atoms with Gasteiger partial charge in [0.15, 0.2) is 0 Å². The predicted molar refractivity (Wildman–Crippen MR) is 86.5 cm³/mol. The summed E-state index contributed by atoms with van der Waals surface area (Å²) in [4.78, 5) is 0. The van der Waals surface area contributed by atoms with E-state index in [9.17, 15) is 0 Å². The number of anilines is 3. The standard InChI is InChI=1S/C17H17N3/c18-16-9-8-14(10-17(16)19)20-11-13-6-3-5-12-4-1-2-7-15(12)13/h1-10,20H,11,18-19H2. The molecule has 0 bridgehead atoms. The minimum atomic E-state index is 0.605. The van der Waals surface area contributed by atoms with Crippen molar-refractivity contribution in [1.29, 1.82) is 0 Å². The van der Waals surface area contributed by atoms with Gasteiger partial charge in [-0.2, -0.15) is 0 Å². The van der Waals surface area contributed by atoms with Crippen molar-refractivity contribution in [2.24, 2.45) is 0 Å². The van der Waals surface area contributed by atoms with Gasteiger partial charge in [-0.3, -0.25) is 0 Å². The van der Waals surface area contributed by atoms with Crippen LogP contribution in [0.4, 0.5) is 17.1 Å². The quantitative estimate of drug-likeness (QED) is 0.632. The molecule has 0 fully saturated rings. The van der Waals surface area contributed by atoms with E-state index in [2.05, 4.69) is 47.8 Å². The van der Waals surface area contributed by atoms with Crippen LogP contribution < -0.4 is 16.8 Å². The molecular formula is C17H17N3. The largest absolute Gasteiger partial charge is 0.397 e. The second-order valence-electron chi connectivity index (χ2n) is 4.84. The number of nitrogen functional groups attached to an aromatic ring is 2. The second-order valence-corrected chi connectivity index (χ2v) is 4.84. The minimum Gasteiger partial charge on any atom is -0.397 e. The lowest BCUT2D eigenvalue weighted by Gasteiger charge is -2.10. The monoisotopic (exact) mass is 263 g/mol. The van der Waals surface area contributed by atoms with Crippen molar-refractivity contribution in [3.05, 3.63) is 66.2 Å². The average molecular weight is 263 g/mol. The molecular weight excluding hydrogens is 246 g/mol. The SMILES string of the molecule is Nc1ccc(NCc2cccc3ccccc23)cc1N. The normalized spacial score (nSPS) is 10.6. The summed E-state index contributed by atoms with van der Waals surface area (Å²) in [6, 6.07) is 20.3.